The first kappa shape index (κ1) is 11.4. The molecular formula is C12H17NO3. The second-order valence-electron chi connectivity index (χ2n) is 4.12. The summed E-state index contributed by atoms with van der Waals surface area (Å²) in [6.07, 6.45) is 5.24. The summed E-state index contributed by atoms with van der Waals surface area (Å²) in [5.74, 6) is 0. The second kappa shape index (κ2) is 4.80. The van der Waals surface area contributed by atoms with Crippen molar-refractivity contribution in [2.24, 2.45) is 0 Å². The van der Waals surface area contributed by atoms with Crippen molar-refractivity contribution in [3.8, 4) is 0 Å². The Morgan fingerprint density at radius 2 is 2.44 bits per heavy atom. The van der Waals surface area contributed by atoms with Gasteiger partial charge in [-0.3, -0.25) is 4.79 Å². The Morgan fingerprint density at radius 1 is 1.62 bits per heavy atom. The van der Waals surface area contributed by atoms with Crippen LogP contribution < -0.4 is 0 Å². The number of rotatable bonds is 4. The van der Waals surface area contributed by atoms with E-state index in [0.717, 1.165) is 31.1 Å². The number of nitrogens with zero attached hydrogens (tertiary/aromatic N) is 1. The Hall–Kier alpha value is -1.13. The van der Waals surface area contributed by atoms with Gasteiger partial charge in [-0.15, -0.1) is 0 Å². The molecule has 0 spiro atoms. The van der Waals surface area contributed by atoms with Gasteiger partial charge in [0.05, 0.1) is 18.4 Å². The molecule has 2 atom stereocenters. The number of aldehydes is 1. The van der Waals surface area contributed by atoms with Gasteiger partial charge in [0.1, 0.15) is 6.23 Å². The van der Waals surface area contributed by atoms with E-state index in [1.165, 1.54) is 0 Å². The van der Waals surface area contributed by atoms with Gasteiger partial charge in [-0.2, -0.15) is 0 Å². The number of ether oxygens (including phenoxy) is 1. The van der Waals surface area contributed by atoms with Crippen LogP contribution in [0.1, 0.15) is 42.0 Å². The van der Waals surface area contributed by atoms with Crippen molar-refractivity contribution >= 4 is 6.29 Å². The van der Waals surface area contributed by atoms with Crippen LogP contribution in [0.25, 0.3) is 0 Å². The number of aryl methyl sites for hydroxylation is 1. The largest absolute Gasteiger partial charge is 0.394 e. The molecule has 0 saturated carbocycles. The Bertz CT molecular complexity index is 372. The SMILES string of the molecule is CCc1cc(C=O)n([C@H]2CC[C@@H](CO)O2)c1. The van der Waals surface area contributed by atoms with Crippen LogP contribution in [-0.4, -0.2) is 28.7 Å². The fourth-order valence-electron chi connectivity index (χ4n) is 2.12. The van der Waals surface area contributed by atoms with Crippen LogP contribution in [0.15, 0.2) is 12.3 Å². The lowest BCUT2D eigenvalue weighted by atomic mass is 10.2. The molecule has 0 bridgehead atoms. The van der Waals surface area contributed by atoms with Gasteiger partial charge in [0.15, 0.2) is 6.29 Å². The molecule has 0 unspecified atom stereocenters. The van der Waals surface area contributed by atoms with Gasteiger partial charge in [0, 0.05) is 6.20 Å². The van der Waals surface area contributed by atoms with Crippen LogP contribution >= 0.6 is 0 Å². The van der Waals surface area contributed by atoms with Crippen molar-refractivity contribution in [1.82, 2.24) is 4.57 Å². The maximum atomic E-state index is 10.9. The topological polar surface area (TPSA) is 51.5 Å². The molecule has 0 aliphatic carbocycles. The fraction of sp³-hybridized carbons (Fsp3) is 0.583. The Labute approximate surface area is 94.8 Å². The van der Waals surface area contributed by atoms with Gasteiger partial charge in [-0.1, -0.05) is 6.92 Å². The predicted octanol–water partition coefficient (Wildman–Crippen LogP) is 1.53. The maximum Gasteiger partial charge on any atom is 0.166 e. The molecule has 0 radical (unpaired) electrons. The highest BCUT2D eigenvalue weighted by Crippen LogP contribution is 2.29. The smallest absolute Gasteiger partial charge is 0.166 e. The lowest BCUT2D eigenvalue weighted by Crippen LogP contribution is -2.15. The number of aliphatic hydroxyl groups excluding tert-OH is 1. The molecule has 88 valence electrons. The van der Waals surface area contributed by atoms with Crippen LogP contribution in [0, 0.1) is 0 Å². The quantitative estimate of drug-likeness (QED) is 0.788. The van der Waals surface area contributed by atoms with Gasteiger partial charge in [0.2, 0.25) is 0 Å². The average Bonchev–Trinajstić information content (AvgIpc) is 2.94. The first-order chi connectivity index (χ1) is 7.78. The van der Waals surface area contributed by atoms with Crippen LogP contribution in [0.4, 0.5) is 0 Å². The maximum absolute atomic E-state index is 10.9. The van der Waals surface area contributed by atoms with Crippen LogP contribution in [0.2, 0.25) is 0 Å². The third-order valence-electron chi connectivity index (χ3n) is 3.06. The number of hydrogen-bond acceptors (Lipinski definition) is 3. The molecule has 4 nitrogen and oxygen atoms in total. The number of carbonyl (C=O) groups is 1. The molecule has 4 heteroatoms. The summed E-state index contributed by atoms with van der Waals surface area (Å²) in [7, 11) is 0. The molecule has 0 aromatic carbocycles. The molecule has 16 heavy (non-hydrogen) atoms. The second-order valence-corrected chi connectivity index (χ2v) is 4.12. The fourth-order valence-corrected chi connectivity index (χ4v) is 2.12. The third-order valence-corrected chi connectivity index (χ3v) is 3.06. The summed E-state index contributed by atoms with van der Waals surface area (Å²) in [6.45, 7) is 2.11. The van der Waals surface area contributed by atoms with E-state index in [4.69, 9.17) is 9.84 Å². The standard InChI is InChI=1S/C12H17NO3/c1-2-9-5-10(7-14)13(6-9)12-4-3-11(8-15)16-12/h5-7,11-12,15H,2-4,8H2,1H3/t11-,12+/m0/s1. The van der Waals surface area contributed by atoms with E-state index in [-0.39, 0.29) is 18.9 Å². The zero-order valence-electron chi connectivity index (χ0n) is 9.43. The molecule has 1 fully saturated rings. The lowest BCUT2D eigenvalue weighted by Gasteiger charge is -2.15. The molecule has 1 aromatic rings. The van der Waals surface area contributed by atoms with Gasteiger partial charge < -0.3 is 14.4 Å². The molecule has 0 amide bonds. The summed E-state index contributed by atoms with van der Waals surface area (Å²) in [4.78, 5) is 10.9. The molecule has 1 aliphatic rings. The van der Waals surface area contributed by atoms with Crippen molar-refractivity contribution in [3.63, 3.8) is 0 Å². The first-order valence-electron chi connectivity index (χ1n) is 5.70. The van der Waals surface area contributed by atoms with E-state index >= 15 is 0 Å². The van der Waals surface area contributed by atoms with Crippen molar-refractivity contribution in [3.05, 3.63) is 23.5 Å². The molecule has 1 N–H and O–H groups in total. The van der Waals surface area contributed by atoms with Crippen LogP contribution in [0.3, 0.4) is 0 Å². The molecule has 2 heterocycles. The Balaban J connectivity index is 2.19. The number of carbonyl (C=O) groups excluding carboxylic acids is 1. The summed E-state index contributed by atoms with van der Waals surface area (Å²) in [5, 5.41) is 9.00. The minimum absolute atomic E-state index is 0.0504. The highest BCUT2D eigenvalue weighted by atomic mass is 16.5. The van der Waals surface area contributed by atoms with Crippen LogP contribution in [-0.2, 0) is 11.2 Å². The van der Waals surface area contributed by atoms with E-state index < -0.39 is 0 Å². The lowest BCUT2D eigenvalue weighted by molar-refractivity contribution is -0.0228. The summed E-state index contributed by atoms with van der Waals surface area (Å²) in [5.41, 5.74) is 1.79. The molecule has 1 saturated heterocycles. The normalized spacial score (nSPS) is 24.9. The van der Waals surface area contributed by atoms with E-state index in [1.807, 2.05) is 16.8 Å². The van der Waals surface area contributed by atoms with Gasteiger partial charge >= 0.3 is 0 Å². The van der Waals surface area contributed by atoms with Crippen molar-refractivity contribution in [2.75, 3.05) is 6.61 Å². The van der Waals surface area contributed by atoms with Gasteiger partial charge in [-0.25, -0.2) is 0 Å². The molecular weight excluding hydrogens is 206 g/mol. The van der Waals surface area contributed by atoms with E-state index in [0.29, 0.717) is 5.69 Å². The first-order valence-corrected chi connectivity index (χ1v) is 5.70. The minimum Gasteiger partial charge on any atom is -0.394 e. The van der Waals surface area contributed by atoms with Gasteiger partial charge in [0.25, 0.3) is 0 Å². The zero-order chi connectivity index (χ0) is 11.5. The monoisotopic (exact) mass is 223 g/mol. The third kappa shape index (κ3) is 2.03. The molecule has 1 aromatic heterocycles. The number of aromatic nitrogens is 1. The molecule has 2 rings (SSSR count). The summed E-state index contributed by atoms with van der Waals surface area (Å²) in [6, 6.07) is 1.89. The van der Waals surface area contributed by atoms with E-state index in [2.05, 4.69) is 6.92 Å². The van der Waals surface area contributed by atoms with Crippen molar-refractivity contribution in [2.45, 2.75) is 38.5 Å². The zero-order valence-corrected chi connectivity index (χ0v) is 9.43. The molecule has 1 aliphatic heterocycles. The van der Waals surface area contributed by atoms with Crippen molar-refractivity contribution in [1.29, 1.82) is 0 Å². The van der Waals surface area contributed by atoms with Crippen molar-refractivity contribution < 1.29 is 14.6 Å². The van der Waals surface area contributed by atoms with E-state index in [1.54, 1.807) is 0 Å². The predicted molar refractivity (Wildman–Crippen MR) is 59.4 cm³/mol. The van der Waals surface area contributed by atoms with E-state index in [9.17, 15) is 4.79 Å². The highest BCUT2D eigenvalue weighted by Gasteiger charge is 2.27. The highest BCUT2D eigenvalue weighted by molar-refractivity contribution is 5.73. The number of aliphatic hydroxyl groups is 1. The number of hydrogen-bond donors (Lipinski definition) is 1. The van der Waals surface area contributed by atoms with Crippen LogP contribution in [0.5, 0.6) is 0 Å². The summed E-state index contributed by atoms with van der Waals surface area (Å²) >= 11 is 0. The average molecular weight is 223 g/mol. The van der Waals surface area contributed by atoms with Gasteiger partial charge in [-0.05, 0) is 30.9 Å². The Morgan fingerprint density at radius 3 is 3.00 bits per heavy atom. The minimum atomic E-state index is -0.0994. The summed E-state index contributed by atoms with van der Waals surface area (Å²) < 4.78 is 7.53. The Kier molecular flexibility index (Phi) is 3.41.